The van der Waals surface area contributed by atoms with E-state index in [4.69, 9.17) is 39.5 Å². The molecule has 1 heterocycles. The maximum Gasteiger partial charge on any atom is 0.354 e. The third-order valence-corrected chi connectivity index (χ3v) is 3.18. The third kappa shape index (κ3) is 2.61. The molecular weight excluding hydrogens is 302 g/mol. The highest BCUT2D eigenvalue weighted by Crippen LogP contribution is 2.29. The highest BCUT2D eigenvalue weighted by molar-refractivity contribution is 6.48. The summed E-state index contributed by atoms with van der Waals surface area (Å²) in [4.78, 5) is 22.7. The smallest absolute Gasteiger partial charge is 0.354 e. The predicted molar refractivity (Wildman–Crippen MR) is 65.5 cm³/mol. The van der Waals surface area contributed by atoms with E-state index in [0.29, 0.717) is 5.02 Å². The van der Waals surface area contributed by atoms with Crippen LogP contribution in [0.4, 0.5) is 0 Å². The summed E-state index contributed by atoms with van der Waals surface area (Å²) < 4.78 is 9.55. The van der Waals surface area contributed by atoms with E-state index < -0.39 is 18.2 Å². The molecule has 1 aliphatic rings. The molecule has 0 N–H and O–H groups in total. The maximum absolute atomic E-state index is 11.7. The van der Waals surface area contributed by atoms with Crippen molar-refractivity contribution in [3.8, 4) is 0 Å². The van der Waals surface area contributed by atoms with Crippen LogP contribution in [-0.2, 0) is 14.3 Å². The van der Waals surface area contributed by atoms with Gasteiger partial charge < -0.3 is 9.47 Å². The van der Waals surface area contributed by atoms with Crippen molar-refractivity contribution in [1.82, 2.24) is 0 Å². The molecule has 0 spiro atoms. The average Bonchev–Trinajstić information content (AvgIpc) is 2.58. The second-order valence-electron chi connectivity index (χ2n) is 3.31. The summed E-state index contributed by atoms with van der Waals surface area (Å²) in [6, 6.07) is 6.01. The van der Waals surface area contributed by atoms with E-state index in [0.717, 1.165) is 0 Å². The van der Waals surface area contributed by atoms with Gasteiger partial charge in [-0.15, -0.1) is 0 Å². The van der Waals surface area contributed by atoms with Crippen molar-refractivity contribution >= 4 is 46.7 Å². The van der Waals surface area contributed by atoms with E-state index in [1.165, 1.54) is 24.3 Å². The predicted octanol–water partition coefficient (Wildman–Crippen LogP) is 3.07. The fraction of sp³-hybridized carbons (Fsp3) is 0.0909. The molecule has 4 nitrogen and oxygen atoms in total. The van der Waals surface area contributed by atoms with E-state index in [2.05, 4.69) is 4.74 Å². The second-order valence-corrected chi connectivity index (χ2v) is 4.53. The van der Waals surface area contributed by atoms with Crippen molar-refractivity contribution in [2.24, 2.45) is 0 Å². The van der Waals surface area contributed by atoms with Gasteiger partial charge in [0.2, 0.25) is 0 Å². The molecule has 0 aromatic heterocycles. The van der Waals surface area contributed by atoms with Gasteiger partial charge in [0, 0.05) is 5.02 Å². The van der Waals surface area contributed by atoms with Crippen LogP contribution in [0.5, 0.6) is 0 Å². The van der Waals surface area contributed by atoms with E-state index in [9.17, 15) is 9.59 Å². The Kier molecular flexibility index (Phi) is 3.80. The summed E-state index contributed by atoms with van der Waals surface area (Å²) in [5, 5.41) is 0.0503. The molecule has 0 saturated carbocycles. The van der Waals surface area contributed by atoms with Gasteiger partial charge in [0.25, 0.3) is 6.29 Å². The lowest BCUT2D eigenvalue weighted by molar-refractivity contribution is -0.151. The topological polar surface area (TPSA) is 52.6 Å². The number of esters is 2. The second kappa shape index (κ2) is 5.18. The molecule has 1 aliphatic heterocycles. The van der Waals surface area contributed by atoms with Crippen molar-refractivity contribution in [1.29, 1.82) is 0 Å². The average molecular weight is 308 g/mol. The Morgan fingerprint density at radius 1 is 1.17 bits per heavy atom. The van der Waals surface area contributed by atoms with Crippen molar-refractivity contribution in [3.63, 3.8) is 0 Å². The lowest BCUT2D eigenvalue weighted by atomic mass is 10.2. The van der Waals surface area contributed by atoms with Crippen LogP contribution in [0.2, 0.25) is 5.02 Å². The van der Waals surface area contributed by atoms with Gasteiger partial charge in [0.15, 0.2) is 0 Å². The molecule has 0 radical (unpaired) electrons. The van der Waals surface area contributed by atoms with Crippen LogP contribution in [0.15, 0.2) is 34.3 Å². The Bertz CT molecular complexity index is 536. The van der Waals surface area contributed by atoms with Crippen molar-refractivity contribution in [3.05, 3.63) is 44.9 Å². The molecule has 94 valence electrons. The van der Waals surface area contributed by atoms with Crippen LogP contribution in [0, 0.1) is 0 Å². The highest BCUT2D eigenvalue weighted by Gasteiger charge is 2.35. The van der Waals surface area contributed by atoms with Crippen molar-refractivity contribution in [2.45, 2.75) is 6.29 Å². The quantitative estimate of drug-likeness (QED) is 0.788. The Hall–Kier alpha value is -1.23. The van der Waals surface area contributed by atoms with E-state index in [1.807, 2.05) is 0 Å². The maximum atomic E-state index is 11.7. The van der Waals surface area contributed by atoms with Crippen LogP contribution < -0.4 is 0 Å². The molecule has 1 unspecified atom stereocenters. The molecule has 0 saturated heterocycles. The van der Waals surface area contributed by atoms with Gasteiger partial charge in [0.1, 0.15) is 10.1 Å². The molecular formula is C11H5Cl3O4. The molecule has 1 aromatic carbocycles. The number of carbonyl (C=O) groups is 2. The van der Waals surface area contributed by atoms with Gasteiger partial charge in [-0.3, -0.25) is 0 Å². The lowest BCUT2D eigenvalue weighted by Crippen LogP contribution is -2.19. The molecule has 1 aromatic rings. The van der Waals surface area contributed by atoms with Gasteiger partial charge in [-0.25, -0.2) is 9.59 Å². The number of rotatable bonds is 2. The van der Waals surface area contributed by atoms with Gasteiger partial charge in [0.05, 0.1) is 5.56 Å². The number of cyclic esters (lactones) is 1. The largest absolute Gasteiger partial charge is 0.416 e. The van der Waals surface area contributed by atoms with Gasteiger partial charge >= 0.3 is 11.9 Å². The van der Waals surface area contributed by atoms with E-state index >= 15 is 0 Å². The first-order valence-electron chi connectivity index (χ1n) is 4.71. The number of benzene rings is 1. The van der Waals surface area contributed by atoms with Crippen LogP contribution >= 0.6 is 34.8 Å². The summed E-state index contributed by atoms with van der Waals surface area (Å²) in [5.41, 5.74) is 0.253. The number of halogens is 3. The normalized spacial score (nSPS) is 18.8. The summed E-state index contributed by atoms with van der Waals surface area (Å²) in [5.74, 6) is -1.52. The monoisotopic (exact) mass is 306 g/mol. The molecule has 2 rings (SSSR count). The molecule has 7 heteroatoms. The number of hydrogen-bond acceptors (Lipinski definition) is 4. The van der Waals surface area contributed by atoms with Crippen LogP contribution in [0.3, 0.4) is 0 Å². The number of ether oxygens (including phenoxy) is 2. The molecule has 0 bridgehead atoms. The fourth-order valence-corrected chi connectivity index (χ4v) is 1.65. The molecule has 1 atom stereocenters. The Labute approximate surface area is 117 Å². The Morgan fingerprint density at radius 3 is 2.28 bits per heavy atom. The molecule has 18 heavy (non-hydrogen) atoms. The fourth-order valence-electron chi connectivity index (χ4n) is 1.23. The minimum absolute atomic E-state index is 0.149. The lowest BCUT2D eigenvalue weighted by Gasteiger charge is -2.11. The minimum Gasteiger partial charge on any atom is -0.416 e. The zero-order valence-electron chi connectivity index (χ0n) is 8.65. The van der Waals surface area contributed by atoms with Crippen LogP contribution in [0.25, 0.3) is 0 Å². The van der Waals surface area contributed by atoms with Gasteiger partial charge in [-0.2, -0.15) is 0 Å². The Morgan fingerprint density at radius 2 is 1.78 bits per heavy atom. The van der Waals surface area contributed by atoms with Crippen molar-refractivity contribution < 1.29 is 19.1 Å². The zero-order chi connectivity index (χ0) is 13.3. The SMILES string of the molecule is O=C1OC(OC(=O)c2ccc(Cl)cc2)C(Cl)=C1Cl. The summed E-state index contributed by atoms with van der Waals surface area (Å²) in [6.45, 7) is 0. The van der Waals surface area contributed by atoms with Crippen LogP contribution in [0.1, 0.15) is 10.4 Å². The van der Waals surface area contributed by atoms with E-state index in [1.54, 1.807) is 0 Å². The standard InChI is InChI=1S/C11H5Cl3O4/c12-6-3-1-5(2-4-6)9(15)17-11-8(14)7(13)10(16)18-11/h1-4,11H. The van der Waals surface area contributed by atoms with Gasteiger partial charge in [-0.05, 0) is 24.3 Å². The summed E-state index contributed by atoms with van der Waals surface area (Å²) in [6.07, 6.45) is -1.30. The van der Waals surface area contributed by atoms with E-state index in [-0.39, 0.29) is 15.6 Å². The first-order valence-corrected chi connectivity index (χ1v) is 5.85. The van der Waals surface area contributed by atoms with Crippen molar-refractivity contribution in [2.75, 3.05) is 0 Å². The van der Waals surface area contributed by atoms with Gasteiger partial charge in [-0.1, -0.05) is 34.8 Å². The number of carbonyl (C=O) groups excluding carboxylic acids is 2. The molecule has 0 fully saturated rings. The first kappa shape index (κ1) is 13.2. The number of hydrogen-bond donors (Lipinski definition) is 0. The first-order chi connectivity index (χ1) is 8.49. The molecule has 0 aliphatic carbocycles. The third-order valence-electron chi connectivity index (χ3n) is 2.10. The zero-order valence-corrected chi connectivity index (χ0v) is 10.9. The molecule has 0 amide bonds. The Balaban J connectivity index is 2.09. The summed E-state index contributed by atoms with van der Waals surface area (Å²) >= 11 is 16.9. The highest BCUT2D eigenvalue weighted by atomic mass is 35.5. The minimum atomic E-state index is -1.30. The van der Waals surface area contributed by atoms with Crippen LogP contribution in [-0.4, -0.2) is 18.2 Å². The summed E-state index contributed by atoms with van der Waals surface area (Å²) in [7, 11) is 0.